The fraction of sp³-hybridized carbons (Fsp3) is 0.550. The summed E-state index contributed by atoms with van der Waals surface area (Å²) in [6.07, 6.45) is 2.36. The molecule has 3 rings (SSSR count). The molecule has 7 heteroatoms. The molecule has 146 valence electrons. The minimum Gasteiger partial charge on any atom is -0.479 e. The Bertz CT molecular complexity index is 694. The molecule has 2 saturated heterocycles. The molecule has 2 unspecified atom stereocenters. The second kappa shape index (κ2) is 8.52. The first-order valence-electron chi connectivity index (χ1n) is 9.59. The van der Waals surface area contributed by atoms with Crippen LogP contribution >= 0.6 is 0 Å². The summed E-state index contributed by atoms with van der Waals surface area (Å²) >= 11 is 0. The summed E-state index contributed by atoms with van der Waals surface area (Å²) in [5.41, 5.74) is 0.518. The molecule has 2 amide bonds. The number of carboxylic acids is 1. The van der Waals surface area contributed by atoms with Crippen LogP contribution in [0.5, 0.6) is 0 Å². The van der Waals surface area contributed by atoms with E-state index >= 15 is 0 Å². The second-order valence-electron chi connectivity index (χ2n) is 7.31. The number of rotatable bonds is 7. The van der Waals surface area contributed by atoms with Crippen molar-refractivity contribution in [1.82, 2.24) is 15.1 Å². The van der Waals surface area contributed by atoms with Crippen molar-refractivity contribution in [2.45, 2.75) is 38.3 Å². The first-order valence-corrected chi connectivity index (χ1v) is 9.59. The Balaban J connectivity index is 1.60. The summed E-state index contributed by atoms with van der Waals surface area (Å²) in [5.74, 6) is -2.01. The molecule has 3 atom stereocenters. The van der Waals surface area contributed by atoms with E-state index in [1.54, 1.807) is 35.2 Å². The molecule has 2 aliphatic rings. The average Bonchev–Trinajstić information content (AvgIpc) is 3.26. The van der Waals surface area contributed by atoms with E-state index in [1.165, 1.54) is 0 Å². The highest BCUT2D eigenvalue weighted by atomic mass is 16.4. The molecule has 0 radical (unpaired) electrons. The van der Waals surface area contributed by atoms with Crippen molar-refractivity contribution in [2.75, 3.05) is 26.2 Å². The van der Waals surface area contributed by atoms with E-state index in [0.717, 1.165) is 25.9 Å². The first kappa shape index (κ1) is 19.4. The minimum atomic E-state index is -1.11. The molecule has 0 aliphatic carbocycles. The fourth-order valence-corrected chi connectivity index (χ4v) is 4.09. The number of carbonyl (C=O) groups is 3. The number of aliphatic carboxylic acids is 1. The minimum absolute atomic E-state index is 0.0234. The molecule has 7 nitrogen and oxygen atoms in total. The van der Waals surface area contributed by atoms with Crippen LogP contribution in [0.1, 0.15) is 37.8 Å². The van der Waals surface area contributed by atoms with Gasteiger partial charge >= 0.3 is 5.97 Å². The van der Waals surface area contributed by atoms with E-state index < -0.39 is 17.9 Å². The maximum Gasteiger partial charge on any atom is 0.330 e. The van der Waals surface area contributed by atoms with Crippen LogP contribution in [0.25, 0.3) is 0 Å². The zero-order chi connectivity index (χ0) is 19.4. The van der Waals surface area contributed by atoms with E-state index in [9.17, 15) is 19.5 Å². The summed E-state index contributed by atoms with van der Waals surface area (Å²) in [6, 6.07) is 7.86. The van der Waals surface area contributed by atoms with Crippen molar-refractivity contribution in [1.29, 1.82) is 0 Å². The summed E-state index contributed by atoms with van der Waals surface area (Å²) in [4.78, 5) is 40.7. The van der Waals surface area contributed by atoms with Gasteiger partial charge in [0.1, 0.15) is 0 Å². The van der Waals surface area contributed by atoms with Gasteiger partial charge in [-0.15, -0.1) is 0 Å². The fourth-order valence-electron chi connectivity index (χ4n) is 4.09. The lowest BCUT2D eigenvalue weighted by Crippen LogP contribution is -2.42. The van der Waals surface area contributed by atoms with Crippen molar-refractivity contribution in [2.24, 2.45) is 5.92 Å². The van der Waals surface area contributed by atoms with Gasteiger partial charge in [-0.3, -0.25) is 14.5 Å². The van der Waals surface area contributed by atoms with Crippen LogP contribution in [0.15, 0.2) is 30.3 Å². The third-order valence-electron chi connectivity index (χ3n) is 5.59. The number of nitrogens with zero attached hydrogens (tertiary/aromatic N) is 2. The molecule has 1 aromatic carbocycles. The quantitative estimate of drug-likeness (QED) is 0.751. The molecule has 27 heavy (non-hydrogen) atoms. The third kappa shape index (κ3) is 4.47. The number of amides is 2. The Labute approximate surface area is 159 Å². The molecule has 2 N–H and O–H groups in total. The first-order chi connectivity index (χ1) is 13.0. The topological polar surface area (TPSA) is 89.9 Å². The number of carboxylic acid groups (broad SMARTS) is 1. The van der Waals surface area contributed by atoms with E-state index in [4.69, 9.17) is 0 Å². The Morgan fingerprint density at radius 2 is 2.04 bits per heavy atom. The van der Waals surface area contributed by atoms with Crippen LogP contribution in [-0.2, 0) is 14.4 Å². The van der Waals surface area contributed by atoms with E-state index in [0.29, 0.717) is 24.7 Å². The predicted octanol–water partition coefficient (Wildman–Crippen LogP) is 1.26. The van der Waals surface area contributed by atoms with Gasteiger partial charge in [0.05, 0.1) is 5.92 Å². The van der Waals surface area contributed by atoms with Crippen molar-refractivity contribution in [3.8, 4) is 0 Å². The van der Waals surface area contributed by atoms with E-state index in [1.807, 2.05) is 0 Å². The molecular formula is C20H27N3O4. The maximum absolute atomic E-state index is 12.6. The van der Waals surface area contributed by atoms with Crippen LogP contribution in [0.2, 0.25) is 0 Å². The number of benzene rings is 1. The van der Waals surface area contributed by atoms with Gasteiger partial charge in [-0.1, -0.05) is 37.3 Å². The largest absolute Gasteiger partial charge is 0.479 e. The van der Waals surface area contributed by atoms with Crippen LogP contribution in [0.4, 0.5) is 0 Å². The van der Waals surface area contributed by atoms with Crippen LogP contribution in [0.3, 0.4) is 0 Å². The monoisotopic (exact) mass is 373 g/mol. The maximum atomic E-state index is 12.6. The van der Waals surface area contributed by atoms with Crippen molar-refractivity contribution in [3.63, 3.8) is 0 Å². The molecule has 2 aliphatic heterocycles. The molecule has 0 aromatic heterocycles. The summed E-state index contributed by atoms with van der Waals surface area (Å²) in [5, 5.41) is 12.1. The van der Waals surface area contributed by atoms with E-state index in [2.05, 4.69) is 17.1 Å². The highest BCUT2D eigenvalue weighted by molar-refractivity contribution is 5.91. The lowest BCUT2D eigenvalue weighted by Gasteiger charge is -2.27. The second-order valence-corrected chi connectivity index (χ2v) is 7.31. The van der Waals surface area contributed by atoms with Gasteiger partial charge in [-0.2, -0.15) is 0 Å². The highest BCUT2D eigenvalue weighted by Gasteiger charge is 2.38. The van der Waals surface area contributed by atoms with E-state index in [-0.39, 0.29) is 18.2 Å². The van der Waals surface area contributed by atoms with Crippen LogP contribution in [-0.4, -0.2) is 64.9 Å². The highest BCUT2D eigenvalue weighted by Crippen LogP contribution is 2.24. The van der Waals surface area contributed by atoms with Gasteiger partial charge in [-0.05, 0) is 31.5 Å². The lowest BCUT2D eigenvalue weighted by atomic mass is 10.0. The van der Waals surface area contributed by atoms with Crippen LogP contribution in [0, 0.1) is 5.92 Å². The number of hydrogen-bond donors (Lipinski definition) is 2. The number of likely N-dealkylation sites (N-methyl/N-ethyl adjacent to an activating group) is 1. The van der Waals surface area contributed by atoms with Crippen molar-refractivity contribution in [3.05, 3.63) is 35.9 Å². The number of nitrogens with one attached hydrogen (secondary N) is 1. The van der Waals surface area contributed by atoms with Crippen LogP contribution < -0.4 is 5.32 Å². The molecule has 2 fully saturated rings. The molecule has 1 aromatic rings. The van der Waals surface area contributed by atoms with Crippen molar-refractivity contribution >= 4 is 17.8 Å². The third-order valence-corrected chi connectivity index (χ3v) is 5.59. The van der Waals surface area contributed by atoms with Gasteiger partial charge in [0.15, 0.2) is 6.04 Å². The smallest absolute Gasteiger partial charge is 0.330 e. The summed E-state index contributed by atoms with van der Waals surface area (Å²) in [7, 11) is 0. The zero-order valence-electron chi connectivity index (χ0n) is 15.6. The molecule has 0 saturated carbocycles. The Kier molecular flexibility index (Phi) is 6.11. The normalized spacial score (nSPS) is 24.2. The van der Waals surface area contributed by atoms with Gasteiger partial charge in [0.25, 0.3) is 0 Å². The molecule has 2 heterocycles. The average molecular weight is 373 g/mol. The SMILES string of the molecule is CCN1CCCC1CN1CC(C(=O)N[C@@H](C(=O)O)c2ccccc2)CC1=O. The number of likely N-dealkylation sites (tertiary alicyclic amines) is 2. The van der Waals surface area contributed by atoms with Crippen molar-refractivity contribution < 1.29 is 19.5 Å². The standard InChI is InChI=1S/C20H27N3O4/c1-2-22-10-6-9-16(22)13-23-12-15(11-17(23)24)19(25)21-18(20(26)27)14-7-4-3-5-8-14/h3-5,7-8,15-16,18H,2,6,9-13H2,1H3,(H,21,25)(H,26,27)/t15?,16?,18-/m1/s1. The zero-order valence-corrected chi connectivity index (χ0v) is 15.6. The predicted molar refractivity (Wildman–Crippen MR) is 99.9 cm³/mol. The Morgan fingerprint density at radius 1 is 1.30 bits per heavy atom. The summed E-state index contributed by atoms with van der Waals surface area (Å²) < 4.78 is 0. The lowest BCUT2D eigenvalue weighted by molar-refractivity contribution is -0.142. The van der Waals surface area contributed by atoms with Gasteiger partial charge in [-0.25, -0.2) is 4.79 Å². The Morgan fingerprint density at radius 3 is 2.70 bits per heavy atom. The summed E-state index contributed by atoms with van der Waals surface area (Å²) in [6.45, 7) is 5.16. The van der Waals surface area contributed by atoms with Gasteiger partial charge < -0.3 is 15.3 Å². The molecule has 0 bridgehead atoms. The molecular weight excluding hydrogens is 346 g/mol. The van der Waals surface area contributed by atoms with Gasteiger partial charge in [0, 0.05) is 25.6 Å². The number of carbonyl (C=O) groups excluding carboxylic acids is 2. The molecule has 0 spiro atoms. The van der Waals surface area contributed by atoms with Gasteiger partial charge in [0.2, 0.25) is 11.8 Å². The number of hydrogen-bond acceptors (Lipinski definition) is 4. The Hall–Kier alpha value is -2.41.